The molecule has 0 aliphatic heterocycles. The molecular weight excluding hydrogens is 194 g/mol. The number of Topliss-reactive ketones (excluding diaryl/α,β-unsaturated/α-hetero) is 1. The first kappa shape index (κ1) is 11.5. The number of ketones is 1. The van der Waals surface area contributed by atoms with E-state index in [9.17, 15) is 9.59 Å². The van der Waals surface area contributed by atoms with Crippen molar-refractivity contribution in [3.8, 4) is 0 Å². The van der Waals surface area contributed by atoms with Crippen LogP contribution in [0.1, 0.15) is 52.4 Å². The number of hydrogen-bond acceptors (Lipinski definition) is 2. The molecule has 0 bridgehead atoms. The van der Waals surface area contributed by atoms with E-state index in [2.05, 4.69) is 4.98 Å². The van der Waals surface area contributed by atoms with Gasteiger partial charge >= 0.3 is 5.97 Å². The van der Waals surface area contributed by atoms with Crippen LogP contribution in [0.5, 0.6) is 0 Å². The van der Waals surface area contributed by atoms with Gasteiger partial charge in [-0.2, -0.15) is 0 Å². The standard InChI is InChI=1S/C11H15NO3/c1-4-7-9(8(13)5-2)6(3)10(12-7)11(14)15/h12H,4-5H2,1-3H3,(H,14,15). The third-order valence-electron chi connectivity index (χ3n) is 2.50. The van der Waals surface area contributed by atoms with Crippen LogP contribution in [-0.2, 0) is 6.42 Å². The highest BCUT2D eigenvalue weighted by Crippen LogP contribution is 2.20. The van der Waals surface area contributed by atoms with Crippen molar-refractivity contribution in [2.24, 2.45) is 0 Å². The fraction of sp³-hybridized carbons (Fsp3) is 0.455. The molecule has 4 heteroatoms. The highest BCUT2D eigenvalue weighted by atomic mass is 16.4. The van der Waals surface area contributed by atoms with Gasteiger partial charge in [0.05, 0.1) is 0 Å². The van der Waals surface area contributed by atoms with Crippen LogP contribution in [0.4, 0.5) is 0 Å². The number of aromatic nitrogens is 1. The molecule has 2 N–H and O–H groups in total. The maximum absolute atomic E-state index is 11.6. The number of H-pyrrole nitrogens is 1. The molecule has 0 aromatic carbocycles. The summed E-state index contributed by atoms with van der Waals surface area (Å²) in [6.45, 7) is 5.33. The smallest absolute Gasteiger partial charge is 0.352 e. The van der Waals surface area contributed by atoms with E-state index < -0.39 is 5.97 Å². The molecule has 0 aliphatic rings. The quantitative estimate of drug-likeness (QED) is 0.746. The number of hydrogen-bond donors (Lipinski definition) is 2. The number of carboxylic acids is 1. The van der Waals surface area contributed by atoms with E-state index in [-0.39, 0.29) is 11.5 Å². The van der Waals surface area contributed by atoms with Gasteiger partial charge in [-0.25, -0.2) is 4.79 Å². The monoisotopic (exact) mass is 209 g/mol. The highest BCUT2D eigenvalue weighted by molar-refractivity contribution is 6.01. The summed E-state index contributed by atoms with van der Waals surface area (Å²) in [5.41, 5.74) is 1.95. The molecular formula is C11H15NO3. The highest BCUT2D eigenvalue weighted by Gasteiger charge is 2.21. The molecule has 82 valence electrons. The number of carboxylic acid groups (broad SMARTS) is 1. The molecule has 1 rings (SSSR count). The van der Waals surface area contributed by atoms with Gasteiger partial charge in [0.25, 0.3) is 0 Å². The molecule has 1 heterocycles. The normalized spacial score (nSPS) is 10.3. The second kappa shape index (κ2) is 4.29. The van der Waals surface area contributed by atoms with E-state index in [1.807, 2.05) is 6.92 Å². The summed E-state index contributed by atoms with van der Waals surface area (Å²) in [7, 11) is 0. The predicted octanol–water partition coefficient (Wildman–Crippen LogP) is 2.18. The first-order valence-electron chi connectivity index (χ1n) is 5.00. The number of carbonyl (C=O) groups is 2. The average Bonchev–Trinajstić information content (AvgIpc) is 2.54. The van der Waals surface area contributed by atoms with E-state index in [1.165, 1.54) is 0 Å². The van der Waals surface area contributed by atoms with E-state index in [4.69, 9.17) is 5.11 Å². The molecule has 15 heavy (non-hydrogen) atoms. The van der Waals surface area contributed by atoms with E-state index in [0.29, 0.717) is 24.0 Å². The lowest BCUT2D eigenvalue weighted by atomic mass is 10.0. The molecule has 0 aliphatic carbocycles. The maximum Gasteiger partial charge on any atom is 0.352 e. The molecule has 0 amide bonds. The van der Waals surface area contributed by atoms with Gasteiger partial charge < -0.3 is 10.1 Å². The van der Waals surface area contributed by atoms with Gasteiger partial charge in [0.15, 0.2) is 5.78 Å². The second-order valence-electron chi connectivity index (χ2n) is 3.41. The van der Waals surface area contributed by atoms with E-state index >= 15 is 0 Å². The van der Waals surface area contributed by atoms with Gasteiger partial charge in [0, 0.05) is 17.7 Å². The van der Waals surface area contributed by atoms with Gasteiger partial charge in [0.2, 0.25) is 0 Å². The first-order chi connectivity index (χ1) is 7.02. The van der Waals surface area contributed by atoms with Crippen molar-refractivity contribution in [2.45, 2.75) is 33.6 Å². The average molecular weight is 209 g/mol. The van der Waals surface area contributed by atoms with Gasteiger partial charge in [-0.1, -0.05) is 13.8 Å². The van der Waals surface area contributed by atoms with Crippen LogP contribution in [0.25, 0.3) is 0 Å². The van der Waals surface area contributed by atoms with Gasteiger partial charge in [0.1, 0.15) is 5.69 Å². The summed E-state index contributed by atoms with van der Waals surface area (Å²) in [6, 6.07) is 0. The van der Waals surface area contributed by atoms with Crippen LogP contribution in [0.3, 0.4) is 0 Å². The molecule has 4 nitrogen and oxygen atoms in total. The third-order valence-corrected chi connectivity index (χ3v) is 2.50. The topological polar surface area (TPSA) is 70.2 Å². The Morgan fingerprint density at radius 1 is 1.33 bits per heavy atom. The fourth-order valence-electron chi connectivity index (χ4n) is 1.69. The zero-order valence-electron chi connectivity index (χ0n) is 9.18. The Morgan fingerprint density at radius 2 is 1.93 bits per heavy atom. The lowest BCUT2D eigenvalue weighted by molar-refractivity contribution is 0.0690. The summed E-state index contributed by atoms with van der Waals surface area (Å²) in [6.07, 6.45) is 1.03. The summed E-state index contributed by atoms with van der Waals surface area (Å²) < 4.78 is 0. The number of aromatic carboxylic acids is 1. The van der Waals surface area contributed by atoms with Crippen LogP contribution >= 0.6 is 0 Å². The van der Waals surface area contributed by atoms with Crippen molar-refractivity contribution < 1.29 is 14.7 Å². The van der Waals surface area contributed by atoms with E-state index in [1.54, 1.807) is 13.8 Å². The number of aryl methyl sites for hydroxylation is 1. The van der Waals surface area contributed by atoms with Crippen LogP contribution in [0.15, 0.2) is 0 Å². The Labute approximate surface area is 88.3 Å². The van der Waals surface area contributed by atoms with Crippen molar-refractivity contribution in [3.63, 3.8) is 0 Å². The lowest BCUT2D eigenvalue weighted by Gasteiger charge is -1.99. The van der Waals surface area contributed by atoms with Crippen molar-refractivity contribution in [1.29, 1.82) is 0 Å². The summed E-state index contributed by atoms with van der Waals surface area (Å²) in [5.74, 6) is -1.02. The zero-order valence-corrected chi connectivity index (χ0v) is 9.18. The van der Waals surface area contributed by atoms with Crippen molar-refractivity contribution in [3.05, 3.63) is 22.5 Å². The Kier molecular flexibility index (Phi) is 3.29. The minimum absolute atomic E-state index is 0.00639. The molecule has 0 unspecified atom stereocenters. The van der Waals surface area contributed by atoms with Gasteiger partial charge in [-0.15, -0.1) is 0 Å². The fourth-order valence-corrected chi connectivity index (χ4v) is 1.69. The number of nitrogens with one attached hydrogen (secondary N) is 1. The number of aromatic amines is 1. The van der Waals surface area contributed by atoms with Crippen LogP contribution in [-0.4, -0.2) is 21.8 Å². The SMILES string of the molecule is CCC(=O)c1c(CC)[nH]c(C(=O)O)c1C. The minimum Gasteiger partial charge on any atom is -0.477 e. The molecule has 0 fully saturated rings. The van der Waals surface area contributed by atoms with Gasteiger partial charge in [-0.05, 0) is 18.9 Å². The zero-order chi connectivity index (χ0) is 11.6. The Balaban J connectivity index is 3.36. The maximum atomic E-state index is 11.6. The largest absolute Gasteiger partial charge is 0.477 e. The molecule has 0 spiro atoms. The molecule has 0 radical (unpaired) electrons. The molecule has 1 aromatic heterocycles. The second-order valence-corrected chi connectivity index (χ2v) is 3.41. The Morgan fingerprint density at radius 3 is 2.33 bits per heavy atom. The van der Waals surface area contributed by atoms with Crippen LogP contribution in [0, 0.1) is 6.92 Å². The van der Waals surface area contributed by atoms with Crippen LogP contribution in [0.2, 0.25) is 0 Å². The predicted molar refractivity (Wildman–Crippen MR) is 56.5 cm³/mol. The molecule has 0 atom stereocenters. The Bertz CT molecular complexity index is 404. The summed E-state index contributed by atoms with van der Waals surface area (Å²) in [5, 5.41) is 8.91. The van der Waals surface area contributed by atoms with E-state index in [0.717, 1.165) is 5.69 Å². The molecule has 0 saturated heterocycles. The first-order valence-corrected chi connectivity index (χ1v) is 5.00. The van der Waals surface area contributed by atoms with Crippen molar-refractivity contribution in [1.82, 2.24) is 4.98 Å². The number of rotatable bonds is 4. The molecule has 1 aromatic rings. The number of carbonyl (C=O) groups excluding carboxylic acids is 1. The summed E-state index contributed by atoms with van der Waals surface area (Å²) >= 11 is 0. The van der Waals surface area contributed by atoms with Crippen molar-refractivity contribution in [2.75, 3.05) is 0 Å². The van der Waals surface area contributed by atoms with Gasteiger partial charge in [-0.3, -0.25) is 4.79 Å². The Hall–Kier alpha value is -1.58. The minimum atomic E-state index is -1.02. The third kappa shape index (κ3) is 1.93. The van der Waals surface area contributed by atoms with Crippen molar-refractivity contribution >= 4 is 11.8 Å². The van der Waals surface area contributed by atoms with Crippen LogP contribution < -0.4 is 0 Å². The lowest BCUT2D eigenvalue weighted by Crippen LogP contribution is -2.02. The summed E-state index contributed by atoms with van der Waals surface area (Å²) in [4.78, 5) is 25.3. The molecule has 0 saturated carbocycles.